The second-order valence-corrected chi connectivity index (χ2v) is 6.10. The van der Waals surface area contributed by atoms with Crippen molar-refractivity contribution in [1.29, 1.82) is 0 Å². The maximum absolute atomic E-state index is 13.4. The molecule has 16 heavy (non-hydrogen) atoms. The van der Waals surface area contributed by atoms with Crippen LogP contribution in [0.15, 0.2) is 0 Å². The molecule has 1 aliphatic rings. The Hall–Kier alpha value is 0.220. The van der Waals surface area contributed by atoms with Gasteiger partial charge in [0.15, 0.2) is 0 Å². The normalized spacial score (nSPS) is 32.6. The van der Waals surface area contributed by atoms with Gasteiger partial charge >= 0.3 is 0 Å². The number of hydrogen-bond acceptors (Lipinski definition) is 0. The first-order valence-corrected chi connectivity index (χ1v) is 7.35. The van der Waals surface area contributed by atoms with Gasteiger partial charge in [-0.2, -0.15) is 0 Å². The fourth-order valence-corrected chi connectivity index (χ4v) is 3.04. The third kappa shape index (κ3) is 5.03. The first kappa shape index (κ1) is 14.3. The lowest BCUT2D eigenvalue weighted by molar-refractivity contribution is 0.192. The van der Waals surface area contributed by atoms with Crippen LogP contribution in [-0.2, 0) is 0 Å². The van der Waals surface area contributed by atoms with Gasteiger partial charge in [0, 0.05) is 0 Å². The van der Waals surface area contributed by atoms with Crippen molar-refractivity contribution < 1.29 is 4.39 Å². The van der Waals surface area contributed by atoms with Crippen LogP contribution in [0.5, 0.6) is 0 Å². The van der Waals surface area contributed by atoms with Crippen LogP contribution in [0.3, 0.4) is 0 Å². The molecule has 0 amide bonds. The molecule has 0 radical (unpaired) electrons. The van der Waals surface area contributed by atoms with Crippen molar-refractivity contribution in [2.75, 3.05) is 0 Å². The molecule has 4 atom stereocenters. The summed E-state index contributed by atoms with van der Waals surface area (Å²) in [7, 11) is 0. The van der Waals surface area contributed by atoms with E-state index in [2.05, 4.69) is 13.8 Å². The number of hydrogen-bond donors (Lipinski definition) is 0. The molecule has 1 rings (SSSR count). The van der Waals surface area contributed by atoms with E-state index in [4.69, 9.17) is 11.6 Å². The van der Waals surface area contributed by atoms with Crippen LogP contribution >= 0.6 is 11.6 Å². The molecular weight excluding hydrogens is 223 g/mol. The Morgan fingerprint density at radius 2 is 2.06 bits per heavy atom. The lowest BCUT2D eigenvalue weighted by Gasteiger charge is -2.28. The monoisotopic (exact) mass is 248 g/mol. The molecule has 0 heterocycles. The summed E-state index contributed by atoms with van der Waals surface area (Å²) in [6.07, 6.45) is 8.36. The Bertz CT molecular complexity index is 184. The van der Waals surface area contributed by atoms with Gasteiger partial charge in [0.1, 0.15) is 6.17 Å². The molecular formula is C14H26ClF. The van der Waals surface area contributed by atoms with Crippen LogP contribution in [-0.4, -0.2) is 11.5 Å². The molecule has 0 N–H and O–H groups in total. The molecule has 0 aliphatic heterocycles. The molecule has 2 heteroatoms. The van der Waals surface area contributed by atoms with Crippen LogP contribution in [0.1, 0.15) is 65.2 Å². The van der Waals surface area contributed by atoms with Gasteiger partial charge in [-0.15, -0.1) is 11.6 Å². The molecule has 0 saturated heterocycles. The largest absolute Gasteiger partial charge is 0.246 e. The third-order valence-electron chi connectivity index (χ3n) is 3.89. The molecule has 0 nitrogen and oxygen atoms in total. The van der Waals surface area contributed by atoms with Gasteiger partial charge < -0.3 is 0 Å². The molecule has 4 unspecified atom stereocenters. The summed E-state index contributed by atoms with van der Waals surface area (Å²) in [5, 5.41) is -0.213. The molecule has 1 aliphatic carbocycles. The van der Waals surface area contributed by atoms with Crippen molar-refractivity contribution in [2.45, 2.75) is 76.8 Å². The molecule has 0 spiro atoms. The van der Waals surface area contributed by atoms with E-state index >= 15 is 0 Å². The highest BCUT2D eigenvalue weighted by atomic mass is 35.5. The maximum Gasteiger partial charge on any atom is 0.117 e. The minimum Gasteiger partial charge on any atom is -0.246 e. The second-order valence-electron chi connectivity index (χ2n) is 5.54. The van der Waals surface area contributed by atoms with Gasteiger partial charge in [-0.25, -0.2) is 4.39 Å². The number of alkyl halides is 2. The Balaban J connectivity index is 2.09. The standard InChI is InChI=1S/C14H26ClF/c1-3-5-11(2)6-4-7-12-8-9-13(15)14(16)10-12/h11-14H,3-10H2,1-2H3. The van der Waals surface area contributed by atoms with Gasteiger partial charge in [-0.1, -0.05) is 46.0 Å². The van der Waals surface area contributed by atoms with Crippen molar-refractivity contribution in [3.63, 3.8) is 0 Å². The summed E-state index contributed by atoms with van der Waals surface area (Å²) in [6.45, 7) is 4.57. The van der Waals surface area contributed by atoms with E-state index in [1.807, 2.05) is 0 Å². The average Bonchev–Trinajstić information content (AvgIpc) is 2.24. The van der Waals surface area contributed by atoms with Crippen molar-refractivity contribution in [1.82, 2.24) is 0 Å². The van der Waals surface area contributed by atoms with Crippen LogP contribution in [0.25, 0.3) is 0 Å². The molecule has 0 bridgehead atoms. The Kier molecular flexibility index (Phi) is 6.72. The highest BCUT2D eigenvalue weighted by Crippen LogP contribution is 2.33. The smallest absolute Gasteiger partial charge is 0.117 e. The van der Waals surface area contributed by atoms with E-state index in [-0.39, 0.29) is 5.38 Å². The Morgan fingerprint density at radius 1 is 1.31 bits per heavy atom. The van der Waals surface area contributed by atoms with Crippen LogP contribution in [0.4, 0.5) is 4.39 Å². The minimum absolute atomic E-state index is 0.213. The SMILES string of the molecule is CCCC(C)CCCC1CCC(Cl)C(F)C1. The summed E-state index contributed by atoms with van der Waals surface area (Å²) in [5.74, 6) is 1.44. The molecule has 96 valence electrons. The highest BCUT2D eigenvalue weighted by molar-refractivity contribution is 6.21. The third-order valence-corrected chi connectivity index (χ3v) is 4.38. The van der Waals surface area contributed by atoms with Crippen LogP contribution in [0.2, 0.25) is 0 Å². The quantitative estimate of drug-likeness (QED) is 0.557. The van der Waals surface area contributed by atoms with E-state index in [0.717, 1.165) is 18.8 Å². The van der Waals surface area contributed by atoms with Gasteiger partial charge in [-0.05, 0) is 31.1 Å². The van der Waals surface area contributed by atoms with Gasteiger partial charge in [0.05, 0.1) is 5.38 Å². The highest BCUT2D eigenvalue weighted by Gasteiger charge is 2.28. The zero-order chi connectivity index (χ0) is 12.0. The molecule has 0 aromatic carbocycles. The molecule has 1 fully saturated rings. The average molecular weight is 249 g/mol. The lowest BCUT2D eigenvalue weighted by Crippen LogP contribution is -2.26. The fraction of sp³-hybridized carbons (Fsp3) is 1.00. The summed E-state index contributed by atoms with van der Waals surface area (Å²) < 4.78 is 13.4. The summed E-state index contributed by atoms with van der Waals surface area (Å²) in [5.41, 5.74) is 0. The lowest BCUT2D eigenvalue weighted by atomic mass is 9.83. The van der Waals surface area contributed by atoms with E-state index in [0.29, 0.717) is 12.3 Å². The summed E-state index contributed by atoms with van der Waals surface area (Å²) >= 11 is 5.88. The van der Waals surface area contributed by atoms with Crippen molar-refractivity contribution in [3.05, 3.63) is 0 Å². The van der Waals surface area contributed by atoms with Gasteiger partial charge in [-0.3, -0.25) is 0 Å². The topological polar surface area (TPSA) is 0 Å². The fourth-order valence-electron chi connectivity index (χ4n) is 2.81. The predicted molar refractivity (Wildman–Crippen MR) is 69.8 cm³/mol. The van der Waals surface area contributed by atoms with E-state index in [1.165, 1.54) is 32.1 Å². The van der Waals surface area contributed by atoms with Crippen molar-refractivity contribution in [3.8, 4) is 0 Å². The van der Waals surface area contributed by atoms with E-state index in [1.54, 1.807) is 0 Å². The maximum atomic E-state index is 13.4. The van der Waals surface area contributed by atoms with Crippen LogP contribution in [0, 0.1) is 11.8 Å². The van der Waals surface area contributed by atoms with E-state index < -0.39 is 6.17 Å². The first-order valence-electron chi connectivity index (χ1n) is 6.91. The molecule has 0 aromatic heterocycles. The first-order chi connectivity index (χ1) is 7.63. The predicted octanol–water partition coefficient (Wildman–Crippen LogP) is 5.34. The van der Waals surface area contributed by atoms with Crippen molar-refractivity contribution >= 4 is 11.6 Å². The second kappa shape index (κ2) is 7.53. The Labute approximate surface area is 105 Å². The zero-order valence-electron chi connectivity index (χ0n) is 10.7. The van der Waals surface area contributed by atoms with Gasteiger partial charge in [0.25, 0.3) is 0 Å². The molecule has 1 saturated carbocycles. The number of rotatable bonds is 6. The zero-order valence-corrected chi connectivity index (χ0v) is 11.5. The minimum atomic E-state index is -0.756. The summed E-state index contributed by atoms with van der Waals surface area (Å²) in [6, 6.07) is 0. The van der Waals surface area contributed by atoms with Gasteiger partial charge in [0.2, 0.25) is 0 Å². The summed E-state index contributed by atoms with van der Waals surface area (Å²) in [4.78, 5) is 0. The Morgan fingerprint density at radius 3 is 2.69 bits per heavy atom. The number of halogens is 2. The van der Waals surface area contributed by atoms with Crippen molar-refractivity contribution in [2.24, 2.45) is 11.8 Å². The van der Waals surface area contributed by atoms with Crippen LogP contribution < -0.4 is 0 Å². The van der Waals surface area contributed by atoms with E-state index in [9.17, 15) is 4.39 Å². The molecule has 0 aromatic rings.